The quantitative estimate of drug-likeness (QED) is 0.591. The summed E-state index contributed by atoms with van der Waals surface area (Å²) < 4.78 is 31.5. The van der Waals surface area contributed by atoms with Gasteiger partial charge in [0.15, 0.2) is 0 Å². The number of carbonyl (C=O) groups excluding carboxylic acids is 2. The first-order valence-electron chi connectivity index (χ1n) is 9.02. The van der Waals surface area contributed by atoms with Crippen LogP contribution in [-0.4, -0.2) is 37.7 Å². The first-order valence-corrected chi connectivity index (χ1v) is 10.5. The minimum absolute atomic E-state index is 0.269. The van der Waals surface area contributed by atoms with Crippen LogP contribution in [0, 0.1) is 0 Å². The largest absolute Gasteiger partial charge is 0.427 e. The third-order valence-electron chi connectivity index (χ3n) is 4.46. The zero-order valence-electron chi connectivity index (χ0n) is 15.6. The Morgan fingerprint density at radius 3 is 2.18 bits per heavy atom. The average Bonchev–Trinajstić information content (AvgIpc) is 3.22. The van der Waals surface area contributed by atoms with E-state index in [0.717, 1.165) is 18.4 Å². The molecule has 2 aromatic carbocycles. The van der Waals surface area contributed by atoms with Gasteiger partial charge in [-0.05, 0) is 54.8 Å². The topological polar surface area (TPSA) is 92.8 Å². The van der Waals surface area contributed by atoms with Gasteiger partial charge in [0.05, 0.1) is 4.90 Å². The van der Waals surface area contributed by atoms with Crippen LogP contribution in [0.5, 0.6) is 5.75 Å². The van der Waals surface area contributed by atoms with Crippen LogP contribution in [0.25, 0.3) is 0 Å². The van der Waals surface area contributed by atoms with Crippen molar-refractivity contribution in [1.82, 2.24) is 9.62 Å². The Hall–Kier alpha value is -2.71. The van der Waals surface area contributed by atoms with E-state index in [1.165, 1.54) is 11.2 Å². The molecule has 1 aliphatic heterocycles. The van der Waals surface area contributed by atoms with Gasteiger partial charge in [-0.3, -0.25) is 9.59 Å². The second-order valence-corrected chi connectivity index (χ2v) is 8.49. The van der Waals surface area contributed by atoms with Crippen molar-refractivity contribution in [2.24, 2.45) is 0 Å². The number of nitrogens with zero attached hydrogens (tertiary/aromatic N) is 1. The third kappa shape index (κ3) is 4.76. The standard InChI is InChI=1S/C20H22N2O5S/c1-15(23)27-18-8-6-17(7-9-18)20(24)21-14-16-4-10-19(11-5-16)28(25,26)22-12-2-3-13-22/h4-11H,2-3,12-14H2,1H3,(H,21,24). The minimum atomic E-state index is -3.43. The molecular formula is C20H22N2O5S. The number of rotatable bonds is 6. The highest BCUT2D eigenvalue weighted by Gasteiger charge is 2.26. The van der Waals surface area contributed by atoms with Gasteiger partial charge in [0.2, 0.25) is 10.0 Å². The van der Waals surface area contributed by atoms with Gasteiger partial charge in [-0.15, -0.1) is 0 Å². The molecule has 0 aliphatic carbocycles. The lowest BCUT2D eigenvalue weighted by Crippen LogP contribution is -2.28. The molecule has 0 spiro atoms. The molecule has 1 aliphatic rings. The summed E-state index contributed by atoms with van der Waals surface area (Å²) in [6.45, 7) is 2.71. The molecule has 0 atom stereocenters. The monoisotopic (exact) mass is 402 g/mol. The Morgan fingerprint density at radius 1 is 1.00 bits per heavy atom. The van der Waals surface area contributed by atoms with E-state index in [9.17, 15) is 18.0 Å². The van der Waals surface area contributed by atoms with E-state index >= 15 is 0 Å². The van der Waals surface area contributed by atoms with Gasteiger partial charge in [-0.1, -0.05) is 12.1 Å². The zero-order valence-corrected chi connectivity index (χ0v) is 16.4. The van der Waals surface area contributed by atoms with Crippen molar-refractivity contribution in [1.29, 1.82) is 0 Å². The fourth-order valence-corrected chi connectivity index (χ4v) is 4.50. The first kappa shape index (κ1) is 20.0. The van der Waals surface area contributed by atoms with Gasteiger partial charge in [0.1, 0.15) is 5.75 Å². The summed E-state index contributed by atoms with van der Waals surface area (Å²) in [5.74, 6) is -0.325. The van der Waals surface area contributed by atoms with E-state index in [1.54, 1.807) is 48.5 Å². The number of benzene rings is 2. The van der Waals surface area contributed by atoms with Gasteiger partial charge < -0.3 is 10.1 Å². The van der Waals surface area contributed by atoms with E-state index in [2.05, 4.69) is 5.32 Å². The molecule has 1 saturated heterocycles. The molecule has 1 fully saturated rings. The van der Waals surface area contributed by atoms with E-state index in [0.29, 0.717) is 24.4 Å². The molecule has 28 heavy (non-hydrogen) atoms. The minimum Gasteiger partial charge on any atom is -0.427 e. The molecule has 0 bridgehead atoms. The van der Waals surface area contributed by atoms with Crippen molar-refractivity contribution in [3.8, 4) is 5.75 Å². The predicted molar refractivity (Wildman–Crippen MR) is 103 cm³/mol. The van der Waals surface area contributed by atoms with Crippen LogP contribution in [0.2, 0.25) is 0 Å². The zero-order chi connectivity index (χ0) is 20.1. The molecule has 0 saturated carbocycles. The predicted octanol–water partition coefficient (Wildman–Crippen LogP) is 2.33. The van der Waals surface area contributed by atoms with Crippen LogP contribution in [0.4, 0.5) is 0 Å². The molecule has 0 radical (unpaired) electrons. The lowest BCUT2D eigenvalue weighted by atomic mass is 10.2. The van der Waals surface area contributed by atoms with E-state index < -0.39 is 16.0 Å². The van der Waals surface area contributed by atoms with Crippen LogP contribution in [0.15, 0.2) is 53.4 Å². The lowest BCUT2D eigenvalue weighted by Gasteiger charge is -2.15. The van der Waals surface area contributed by atoms with Gasteiger partial charge in [-0.2, -0.15) is 4.31 Å². The fourth-order valence-electron chi connectivity index (χ4n) is 2.98. The summed E-state index contributed by atoms with van der Waals surface area (Å²) in [6, 6.07) is 12.8. The second kappa shape index (κ2) is 8.53. The van der Waals surface area contributed by atoms with Crippen LogP contribution in [0.3, 0.4) is 0 Å². The Balaban J connectivity index is 1.58. The van der Waals surface area contributed by atoms with Gasteiger partial charge in [-0.25, -0.2) is 8.42 Å². The van der Waals surface area contributed by atoms with Crippen molar-refractivity contribution in [2.45, 2.75) is 31.2 Å². The molecule has 3 rings (SSSR count). The number of sulfonamides is 1. The van der Waals surface area contributed by atoms with Crippen molar-refractivity contribution in [3.05, 3.63) is 59.7 Å². The smallest absolute Gasteiger partial charge is 0.308 e. The summed E-state index contributed by atoms with van der Waals surface area (Å²) in [5, 5.41) is 2.78. The summed E-state index contributed by atoms with van der Waals surface area (Å²) >= 11 is 0. The second-order valence-electron chi connectivity index (χ2n) is 6.56. The fraction of sp³-hybridized carbons (Fsp3) is 0.300. The summed E-state index contributed by atoms with van der Waals surface area (Å²) in [5.41, 5.74) is 1.23. The number of ether oxygens (including phenoxy) is 1. The highest BCUT2D eigenvalue weighted by molar-refractivity contribution is 7.89. The van der Waals surface area contributed by atoms with E-state index in [4.69, 9.17) is 4.74 Å². The van der Waals surface area contributed by atoms with Gasteiger partial charge in [0, 0.05) is 32.1 Å². The van der Waals surface area contributed by atoms with Crippen LogP contribution >= 0.6 is 0 Å². The number of amides is 1. The lowest BCUT2D eigenvalue weighted by molar-refractivity contribution is -0.131. The number of nitrogens with one attached hydrogen (secondary N) is 1. The van der Waals surface area contributed by atoms with Gasteiger partial charge >= 0.3 is 5.97 Å². The summed E-state index contributed by atoms with van der Waals surface area (Å²) in [4.78, 5) is 23.4. The highest BCUT2D eigenvalue weighted by Crippen LogP contribution is 2.21. The third-order valence-corrected chi connectivity index (χ3v) is 6.37. The molecule has 1 amide bonds. The molecule has 1 N–H and O–H groups in total. The molecule has 0 aromatic heterocycles. The Bertz CT molecular complexity index is 947. The Labute approximate surface area is 164 Å². The van der Waals surface area contributed by atoms with Crippen molar-refractivity contribution >= 4 is 21.9 Å². The molecule has 2 aromatic rings. The highest BCUT2D eigenvalue weighted by atomic mass is 32.2. The summed E-state index contributed by atoms with van der Waals surface area (Å²) in [6.07, 6.45) is 1.79. The molecule has 8 heteroatoms. The molecule has 148 valence electrons. The van der Waals surface area contributed by atoms with Gasteiger partial charge in [0.25, 0.3) is 5.91 Å². The number of esters is 1. The Kier molecular flexibility index (Phi) is 6.11. The van der Waals surface area contributed by atoms with Crippen LogP contribution < -0.4 is 10.1 Å². The maximum Gasteiger partial charge on any atom is 0.308 e. The van der Waals surface area contributed by atoms with Crippen LogP contribution in [0.1, 0.15) is 35.7 Å². The van der Waals surface area contributed by atoms with Crippen molar-refractivity contribution in [2.75, 3.05) is 13.1 Å². The van der Waals surface area contributed by atoms with E-state index in [-0.39, 0.29) is 17.3 Å². The van der Waals surface area contributed by atoms with Crippen LogP contribution in [-0.2, 0) is 21.4 Å². The summed E-state index contributed by atoms with van der Waals surface area (Å²) in [7, 11) is -3.43. The molecule has 0 unspecified atom stereocenters. The maximum atomic E-state index is 12.5. The number of hydrogen-bond donors (Lipinski definition) is 1. The number of carbonyl (C=O) groups is 2. The first-order chi connectivity index (χ1) is 13.4. The average molecular weight is 402 g/mol. The maximum absolute atomic E-state index is 12.5. The molecular weight excluding hydrogens is 380 g/mol. The molecule has 7 nitrogen and oxygen atoms in total. The molecule has 1 heterocycles. The number of hydrogen-bond acceptors (Lipinski definition) is 5. The Morgan fingerprint density at radius 2 is 1.61 bits per heavy atom. The normalized spacial score (nSPS) is 14.6. The SMILES string of the molecule is CC(=O)Oc1ccc(C(=O)NCc2ccc(S(=O)(=O)N3CCCC3)cc2)cc1. The van der Waals surface area contributed by atoms with E-state index in [1.807, 2.05) is 0 Å². The van der Waals surface area contributed by atoms with Crippen molar-refractivity contribution < 1.29 is 22.7 Å². The van der Waals surface area contributed by atoms with Crippen molar-refractivity contribution in [3.63, 3.8) is 0 Å².